The highest BCUT2D eigenvalue weighted by Crippen LogP contribution is 2.27. The predicted octanol–water partition coefficient (Wildman–Crippen LogP) is 4.55. The fourth-order valence-electron chi connectivity index (χ4n) is 2.28. The Morgan fingerprint density at radius 3 is 2.11 bits per heavy atom. The summed E-state index contributed by atoms with van der Waals surface area (Å²) in [6, 6.07) is 18.6. The van der Waals surface area contributed by atoms with Gasteiger partial charge in [-0.15, -0.1) is 0 Å². The van der Waals surface area contributed by atoms with Gasteiger partial charge in [0.05, 0.1) is 17.2 Å². The number of benzene rings is 2. The summed E-state index contributed by atoms with van der Waals surface area (Å²) in [5, 5.41) is 0. The predicted molar refractivity (Wildman–Crippen MR) is 110 cm³/mol. The molecule has 0 aliphatic heterocycles. The molecular weight excluding hydrogens is 358 g/mol. The molecule has 0 radical (unpaired) electrons. The number of rotatable bonds is 8. The SMILES string of the molecule is CCOC(=O)/C(=C/C=C(\C(=O)c1ccccc1)N(C)C)Sc1ccccc1. The van der Waals surface area contributed by atoms with Gasteiger partial charge in [-0.1, -0.05) is 60.3 Å². The fourth-order valence-corrected chi connectivity index (χ4v) is 3.11. The van der Waals surface area contributed by atoms with E-state index in [4.69, 9.17) is 4.74 Å². The van der Waals surface area contributed by atoms with Crippen LogP contribution in [0.2, 0.25) is 0 Å². The molecule has 0 amide bonds. The van der Waals surface area contributed by atoms with E-state index in [-0.39, 0.29) is 5.78 Å². The Morgan fingerprint density at radius 2 is 1.56 bits per heavy atom. The number of Topliss-reactive ketones (excluding diaryl/α,β-unsaturated/α-hetero) is 1. The number of hydrogen-bond acceptors (Lipinski definition) is 5. The van der Waals surface area contributed by atoms with Crippen LogP contribution in [-0.2, 0) is 9.53 Å². The van der Waals surface area contributed by atoms with Crippen molar-refractivity contribution in [3.63, 3.8) is 0 Å². The van der Waals surface area contributed by atoms with Crippen LogP contribution in [0.4, 0.5) is 0 Å². The van der Waals surface area contributed by atoms with Crippen molar-refractivity contribution in [2.45, 2.75) is 11.8 Å². The summed E-state index contributed by atoms with van der Waals surface area (Å²) in [4.78, 5) is 28.2. The van der Waals surface area contributed by atoms with Crippen molar-refractivity contribution in [2.75, 3.05) is 20.7 Å². The number of likely N-dealkylation sites (N-methyl/N-ethyl adjacent to an activating group) is 1. The molecule has 2 rings (SSSR count). The number of nitrogens with zero attached hydrogens (tertiary/aromatic N) is 1. The minimum absolute atomic E-state index is 0.107. The van der Waals surface area contributed by atoms with E-state index in [9.17, 15) is 9.59 Å². The van der Waals surface area contributed by atoms with Crippen molar-refractivity contribution in [3.05, 3.63) is 89.0 Å². The number of hydrogen-bond donors (Lipinski definition) is 0. The van der Waals surface area contributed by atoms with E-state index in [1.165, 1.54) is 11.8 Å². The Morgan fingerprint density at radius 1 is 0.963 bits per heavy atom. The van der Waals surface area contributed by atoms with Gasteiger partial charge in [-0.05, 0) is 31.2 Å². The van der Waals surface area contributed by atoms with Crippen LogP contribution in [-0.4, -0.2) is 37.4 Å². The smallest absolute Gasteiger partial charge is 0.344 e. The lowest BCUT2D eigenvalue weighted by Gasteiger charge is -2.16. The number of carbonyl (C=O) groups excluding carboxylic acids is 2. The lowest BCUT2D eigenvalue weighted by atomic mass is 10.1. The molecule has 140 valence electrons. The molecule has 0 spiro atoms. The molecule has 2 aromatic carbocycles. The topological polar surface area (TPSA) is 46.6 Å². The van der Waals surface area contributed by atoms with E-state index < -0.39 is 5.97 Å². The van der Waals surface area contributed by atoms with Crippen molar-refractivity contribution in [3.8, 4) is 0 Å². The molecule has 27 heavy (non-hydrogen) atoms. The van der Waals surface area contributed by atoms with Gasteiger partial charge in [0.15, 0.2) is 0 Å². The summed E-state index contributed by atoms with van der Waals surface area (Å²) in [5.41, 5.74) is 1.08. The van der Waals surface area contributed by atoms with Crippen molar-refractivity contribution in [1.82, 2.24) is 4.90 Å². The van der Waals surface area contributed by atoms with Gasteiger partial charge in [-0.3, -0.25) is 4.79 Å². The second kappa shape index (κ2) is 10.4. The number of carbonyl (C=O) groups is 2. The number of allylic oxidation sites excluding steroid dienone is 3. The summed E-state index contributed by atoms with van der Waals surface area (Å²) in [6.45, 7) is 2.06. The molecule has 0 heterocycles. The van der Waals surface area contributed by atoms with E-state index in [1.807, 2.05) is 48.5 Å². The first-order valence-electron chi connectivity index (χ1n) is 8.62. The molecule has 5 heteroatoms. The van der Waals surface area contributed by atoms with Crippen LogP contribution >= 0.6 is 11.8 Å². The zero-order chi connectivity index (χ0) is 19.6. The van der Waals surface area contributed by atoms with Crippen LogP contribution < -0.4 is 0 Å². The Labute approximate surface area is 164 Å². The van der Waals surface area contributed by atoms with Gasteiger partial charge in [-0.25, -0.2) is 4.79 Å². The standard InChI is InChI=1S/C22H23NO3S/c1-4-26-22(25)20(27-18-13-9-6-10-14-18)16-15-19(23(2)3)21(24)17-11-7-5-8-12-17/h5-16H,4H2,1-3H3/b19-15+,20-16-. The lowest BCUT2D eigenvalue weighted by molar-refractivity contribution is -0.137. The first-order valence-corrected chi connectivity index (χ1v) is 9.43. The Balaban J connectivity index is 2.36. The molecule has 0 unspecified atom stereocenters. The number of ketones is 1. The van der Waals surface area contributed by atoms with Gasteiger partial charge in [-0.2, -0.15) is 0 Å². The highest BCUT2D eigenvalue weighted by Gasteiger charge is 2.15. The summed E-state index contributed by atoms with van der Waals surface area (Å²) in [5.74, 6) is -0.516. The van der Waals surface area contributed by atoms with Crippen LogP contribution in [0.15, 0.2) is 88.3 Å². The van der Waals surface area contributed by atoms with E-state index in [0.717, 1.165) is 4.90 Å². The molecular formula is C22H23NO3S. The summed E-state index contributed by atoms with van der Waals surface area (Å²) < 4.78 is 5.16. The lowest BCUT2D eigenvalue weighted by Crippen LogP contribution is -2.19. The Bertz CT molecular complexity index is 827. The average molecular weight is 381 g/mol. The van der Waals surface area contributed by atoms with E-state index in [2.05, 4.69) is 0 Å². The fraction of sp³-hybridized carbons (Fsp3) is 0.182. The molecule has 0 saturated carbocycles. The maximum atomic E-state index is 12.8. The molecule has 4 nitrogen and oxygen atoms in total. The third-order valence-electron chi connectivity index (χ3n) is 3.59. The van der Waals surface area contributed by atoms with Crippen LogP contribution in [0.25, 0.3) is 0 Å². The zero-order valence-corrected chi connectivity index (χ0v) is 16.5. The molecule has 0 bridgehead atoms. The third-order valence-corrected chi connectivity index (χ3v) is 4.62. The number of thioether (sulfide) groups is 1. The molecule has 0 aliphatic rings. The molecule has 0 fully saturated rings. The first kappa shape index (κ1) is 20.5. The first-order chi connectivity index (χ1) is 13.0. The highest BCUT2D eigenvalue weighted by molar-refractivity contribution is 8.04. The van der Waals surface area contributed by atoms with Gasteiger partial charge in [0.1, 0.15) is 0 Å². The maximum absolute atomic E-state index is 12.8. The molecule has 0 aliphatic carbocycles. The Hall–Kier alpha value is -2.79. The maximum Gasteiger partial charge on any atom is 0.344 e. The average Bonchev–Trinajstić information content (AvgIpc) is 2.68. The monoisotopic (exact) mass is 381 g/mol. The zero-order valence-electron chi connectivity index (χ0n) is 15.7. The van der Waals surface area contributed by atoms with Gasteiger partial charge < -0.3 is 9.64 Å². The molecule has 2 aromatic rings. The van der Waals surface area contributed by atoms with Crippen molar-refractivity contribution >= 4 is 23.5 Å². The highest BCUT2D eigenvalue weighted by atomic mass is 32.2. The van der Waals surface area contributed by atoms with Gasteiger partial charge in [0.2, 0.25) is 5.78 Å². The molecule has 0 atom stereocenters. The molecule has 0 aromatic heterocycles. The van der Waals surface area contributed by atoms with E-state index in [1.54, 1.807) is 50.2 Å². The quantitative estimate of drug-likeness (QED) is 0.221. The van der Waals surface area contributed by atoms with Gasteiger partial charge >= 0.3 is 5.97 Å². The van der Waals surface area contributed by atoms with Crippen LogP contribution in [0.5, 0.6) is 0 Å². The summed E-state index contributed by atoms with van der Waals surface area (Å²) >= 11 is 1.31. The van der Waals surface area contributed by atoms with Crippen LogP contribution in [0.1, 0.15) is 17.3 Å². The Kier molecular flexibility index (Phi) is 7.89. The van der Waals surface area contributed by atoms with Crippen molar-refractivity contribution in [1.29, 1.82) is 0 Å². The van der Waals surface area contributed by atoms with Crippen molar-refractivity contribution in [2.24, 2.45) is 0 Å². The second-order valence-electron chi connectivity index (χ2n) is 5.81. The van der Waals surface area contributed by atoms with E-state index >= 15 is 0 Å². The molecule has 0 N–H and O–H groups in total. The minimum atomic E-state index is -0.409. The van der Waals surface area contributed by atoms with Crippen LogP contribution in [0, 0.1) is 0 Å². The normalized spacial score (nSPS) is 11.8. The second-order valence-corrected chi connectivity index (χ2v) is 6.92. The largest absolute Gasteiger partial charge is 0.462 e. The van der Waals surface area contributed by atoms with Gasteiger partial charge in [0.25, 0.3) is 0 Å². The van der Waals surface area contributed by atoms with E-state index in [0.29, 0.717) is 22.8 Å². The summed E-state index contributed by atoms with van der Waals surface area (Å²) in [7, 11) is 3.60. The van der Waals surface area contributed by atoms with Crippen LogP contribution in [0.3, 0.4) is 0 Å². The number of esters is 1. The summed E-state index contributed by atoms with van der Waals surface area (Å²) in [6.07, 6.45) is 3.31. The molecule has 0 saturated heterocycles. The third kappa shape index (κ3) is 6.15. The minimum Gasteiger partial charge on any atom is -0.462 e. The number of ether oxygens (including phenoxy) is 1. The van der Waals surface area contributed by atoms with Crippen molar-refractivity contribution < 1.29 is 14.3 Å². The van der Waals surface area contributed by atoms with Gasteiger partial charge in [0, 0.05) is 24.6 Å².